The fourth-order valence-corrected chi connectivity index (χ4v) is 2.27. The second kappa shape index (κ2) is 8.18. The summed E-state index contributed by atoms with van der Waals surface area (Å²) in [4.78, 5) is 7.82. The maximum absolute atomic E-state index is 12.9. The van der Waals surface area contributed by atoms with Crippen LogP contribution in [0.4, 0.5) is 10.1 Å². The molecule has 0 aliphatic rings. The Hall–Kier alpha value is -3.61. The Morgan fingerprint density at radius 3 is 2.59 bits per heavy atom. The Balaban J connectivity index is 1.67. The first-order chi connectivity index (χ1) is 13.0. The molecule has 1 aromatic carbocycles. The maximum Gasteiger partial charge on any atom is 0.212 e. The first-order valence-corrected chi connectivity index (χ1v) is 8.08. The molecule has 0 spiro atoms. The van der Waals surface area contributed by atoms with Crippen LogP contribution in [0.5, 0.6) is 17.2 Å². The van der Waals surface area contributed by atoms with Gasteiger partial charge in [0.25, 0.3) is 0 Å². The molecule has 3 aromatic rings. The van der Waals surface area contributed by atoms with E-state index in [1.165, 1.54) is 18.3 Å². The second-order valence-corrected chi connectivity index (χ2v) is 5.63. The van der Waals surface area contributed by atoms with Crippen LogP contribution in [0, 0.1) is 5.95 Å². The minimum atomic E-state index is -0.572. The highest BCUT2D eigenvalue weighted by Crippen LogP contribution is 2.30. The van der Waals surface area contributed by atoms with Gasteiger partial charge >= 0.3 is 0 Å². The summed E-state index contributed by atoms with van der Waals surface area (Å²) in [5.41, 5.74) is 2.21. The van der Waals surface area contributed by atoms with Crippen LogP contribution >= 0.6 is 0 Å². The molecule has 0 saturated heterocycles. The number of halogens is 1. The highest BCUT2D eigenvalue weighted by atomic mass is 19.1. The van der Waals surface area contributed by atoms with Crippen molar-refractivity contribution < 1.29 is 19.0 Å². The summed E-state index contributed by atoms with van der Waals surface area (Å²) in [5.74, 6) is 0.666. The third-order valence-corrected chi connectivity index (χ3v) is 3.75. The van der Waals surface area contributed by atoms with Gasteiger partial charge in [-0.05, 0) is 36.4 Å². The molecule has 3 rings (SSSR count). The van der Waals surface area contributed by atoms with E-state index in [0.29, 0.717) is 28.4 Å². The SMILES string of the molecule is C=C(Nc1cc(OCc2ccc(OC)cn2)ccc1O)c1ccc(F)nc1. The van der Waals surface area contributed by atoms with Gasteiger partial charge in [-0.25, -0.2) is 4.98 Å². The number of nitrogens with one attached hydrogen (secondary N) is 1. The summed E-state index contributed by atoms with van der Waals surface area (Å²) < 4.78 is 23.7. The maximum atomic E-state index is 12.9. The number of ether oxygens (including phenoxy) is 2. The van der Waals surface area contributed by atoms with Crippen molar-refractivity contribution in [1.82, 2.24) is 9.97 Å². The highest BCUT2D eigenvalue weighted by Gasteiger charge is 2.08. The first-order valence-electron chi connectivity index (χ1n) is 8.08. The predicted molar refractivity (Wildman–Crippen MR) is 100 cm³/mol. The predicted octanol–water partition coefficient (Wildman–Crippen LogP) is 3.99. The van der Waals surface area contributed by atoms with Crippen LogP contribution in [0.2, 0.25) is 0 Å². The minimum absolute atomic E-state index is 0.0288. The summed E-state index contributed by atoms with van der Waals surface area (Å²) in [6, 6.07) is 11.2. The largest absolute Gasteiger partial charge is 0.506 e. The summed E-state index contributed by atoms with van der Waals surface area (Å²) in [5, 5.41) is 13.0. The van der Waals surface area contributed by atoms with Crippen molar-refractivity contribution in [3.63, 3.8) is 0 Å². The molecule has 0 bridgehead atoms. The minimum Gasteiger partial charge on any atom is -0.506 e. The number of phenolic OH excluding ortho intramolecular Hbond substituents is 1. The number of anilines is 1. The van der Waals surface area contributed by atoms with Crippen LogP contribution in [0.3, 0.4) is 0 Å². The summed E-state index contributed by atoms with van der Waals surface area (Å²) in [6.07, 6.45) is 2.97. The van der Waals surface area contributed by atoms with Gasteiger partial charge in [-0.1, -0.05) is 6.58 Å². The number of nitrogens with zero attached hydrogens (tertiary/aromatic N) is 2. The lowest BCUT2D eigenvalue weighted by Crippen LogP contribution is -2.01. The number of phenols is 1. The summed E-state index contributed by atoms with van der Waals surface area (Å²) in [6.45, 7) is 4.14. The molecule has 2 N–H and O–H groups in total. The van der Waals surface area contributed by atoms with Gasteiger partial charge in [-0.15, -0.1) is 0 Å². The fraction of sp³-hybridized carbons (Fsp3) is 0.100. The molecule has 0 aliphatic heterocycles. The van der Waals surface area contributed by atoms with Crippen molar-refractivity contribution in [2.75, 3.05) is 12.4 Å². The molecule has 6 nitrogen and oxygen atoms in total. The molecule has 0 aliphatic carbocycles. The van der Waals surface area contributed by atoms with E-state index < -0.39 is 5.95 Å². The Bertz CT molecular complexity index is 928. The lowest BCUT2D eigenvalue weighted by atomic mass is 10.2. The number of hydrogen-bond donors (Lipinski definition) is 2. The number of benzene rings is 1. The molecule has 0 amide bonds. The molecule has 138 valence electrons. The molecule has 0 radical (unpaired) electrons. The molecule has 7 heteroatoms. The topological polar surface area (TPSA) is 76.5 Å². The Morgan fingerprint density at radius 2 is 1.93 bits per heavy atom. The van der Waals surface area contributed by atoms with Gasteiger partial charge in [0.2, 0.25) is 5.95 Å². The van der Waals surface area contributed by atoms with Crippen LogP contribution < -0.4 is 14.8 Å². The highest BCUT2D eigenvalue weighted by molar-refractivity contribution is 5.78. The van der Waals surface area contributed by atoms with Gasteiger partial charge in [-0.3, -0.25) is 4.98 Å². The van der Waals surface area contributed by atoms with Crippen molar-refractivity contribution in [3.05, 3.63) is 78.6 Å². The lowest BCUT2D eigenvalue weighted by Gasteiger charge is -2.13. The molecule has 0 unspecified atom stereocenters. The van der Waals surface area contributed by atoms with E-state index in [9.17, 15) is 9.50 Å². The van der Waals surface area contributed by atoms with Crippen molar-refractivity contribution in [2.45, 2.75) is 6.61 Å². The molecular weight excluding hydrogens is 349 g/mol. The zero-order valence-electron chi connectivity index (χ0n) is 14.6. The standard InChI is InChI=1S/C20H18FN3O3/c1-13(14-3-8-20(21)23-10-14)24-18-9-16(6-7-19(18)25)27-12-15-4-5-17(26-2)11-22-15/h3-11,24-25H,1,12H2,2H3. The number of pyridine rings is 2. The number of hydrogen-bond acceptors (Lipinski definition) is 6. The van der Waals surface area contributed by atoms with Crippen LogP contribution in [0.15, 0.2) is 61.4 Å². The van der Waals surface area contributed by atoms with Gasteiger partial charge in [0.15, 0.2) is 0 Å². The zero-order chi connectivity index (χ0) is 19.2. The van der Waals surface area contributed by atoms with Crippen LogP contribution in [0.1, 0.15) is 11.3 Å². The van der Waals surface area contributed by atoms with E-state index in [4.69, 9.17) is 9.47 Å². The second-order valence-electron chi connectivity index (χ2n) is 5.63. The monoisotopic (exact) mass is 367 g/mol. The van der Waals surface area contributed by atoms with Gasteiger partial charge in [0.05, 0.1) is 24.7 Å². The summed E-state index contributed by atoms with van der Waals surface area (Å²) >= 11 is 0. The van der Waals surface area contributed by atoms with E-state index in [0.717, 1.165) is 5.69 Å². The Kier molecular flexibility index (Phi) is 5.51. The van der Waals surface area contributed by atoms with Gasteiger partial charge < -0.3 is 19.9 Å². The van der Waals surface area contributed by atoms with E-state index in [1.54, 1.807) is 37.6 Å². The molecular formula is C20H18FN3O3. The number of rotatable bonds is 7. The van der Waals surface area contributed by atoms with E-state index in [1.807, 2.05) is 6.07 Å². The van der Waals surface area contributed by atoms with Gasteiger partial charge in [0, 0.05) is 23.5 Å². The van der Waals surface area contributed by atoms with Gasteiger partial charge in [0.1, 0.15) is 23.9 Å². The average Bonchev–Trinajstić information content (AvgIpc) is 2.69. The summed E-state index contributed by atoms with van der Waals surface area (Å²) in [7, 11) is 1.58. The van der Waals surface area contributed by atoms with E-state index >= 15 is 0 Å². The Morgan fingerprint density at radius 1 is 1.11 bits per heavy atom. The Labute approximate surface area is 155 Å². The van der Waals surface area contributed by atoms with E-state index in [-0.39, 0.29) is 12.4 Å². The first kappa shape index (κ1) is 18.2. The third-order valence-electron chi connectivity index (χ3n) is 3.75. The lowest BCUT2D eigenvalue weighted by molar-refractivity contribution is 0.300. The van der Waals surface area contributed by atoms with Crippen LogP contribution in [-0.4, -0.2) is 22.2 Å². The quantitative estimate of drug-likeness (QED) is 0.486. The number of aromatic hydroxyl groups is 1. The fourth-order valence-electron chi connectivity index (χ4n) is 2.27. The number of aromatic nitrogens is 2. The molecule has 2 aromatic heterocycles. The molecule has 0 atom stereocenters. The molecule has 27 heavy (non-hydrogen) atoms. The van der Waals surface area contributed by atoms with E-state index in [2.05, 4.69) is 21.9 Å². The van der Waals surface area contributed by atoms with Crippen LogP contribution in [0.25, 0.3) is 5.70 Å². The normalized spacial score (nSPS) is 10.3. The third kappa shape index (κ3) is 4.72. The molecule has 0 fully saturated rings. The van der Waals surface area contributed by atoms with Gasteiger partial charge in [-0.2, -0.15) is 4.39 Å². The van der Waals surface area contributed by atoms with Crippen molar-refractivity contribution in [1.29, 1.82) is 0 Å². The van der Waals surface area contributed by atoms with Crippen LogP contribution in [-0.2, 0) is 6.61 Å². The van der Waals surface area contributed by atoms with Crippen molar-refractivity contribution >= 4 is 11.4 Å². The number of methoxy groups -OCH3 is 1. The van der Waals surface area contributed by atoms with Crippen molar-refractivity contribution in [3.8, 4) is 17.2 Å². The molecule has 2 heterocycles. The average molecular weight is 367 g/mol. The van der Waals surface area contributed by atoms with Crippen molar-refractivity contribution in [2.24, 2.45) is 0 Å². The smallest absolute Gasteiger partial charge is 0.212 e. The zero-order valence-corrected chi connectivity index (χ0v) is 14.6. The molecule has 0 saturated carbocycles.